The number of amides is 2. The standard InChI is InChI=1S/C19H18N6O2S/c1-12-7-3-5-9-15(12)25-19(21-22-23-25)28-13(2)18(27)24-11-17(26)20-14-8-4-6-10-16(14)24/h3-10,13H,11H2,1-2H3,(H,20,26)/t13-/m0/s1. The SMILES string of the molecule is Cc1ccccc1-n1nnnc1S[C@@H](C)C(=O)N1CC(=O)Nc2ccccc21. The van der Waals surface area contributed by atoms with Crippen molar-refractivity contribution in [2.24, 2.45) is 0 Å². The largest absolute Gasteiger partial charge is 0.323 e. The predicted molar refractivity (Wildman–Crippen MR) is 107 cm³/mol. The Balaban J connectivity index is 1.58. The van der Waals surface area contributed by atoms with Gasteiger partial charge in [0.2, 0.25) is 17.0 Å². The number of thioether (sulfide) groups is 1. The van der Waals surface area contributed by atoms with Crippen LogP contribution in [-0.4, -0.2) is 43.8 Å². The molecule has 1 aromatic heterocycles. The Bertz CT molecular complexity index is 1050. The second-order valence-corrected chi connectivity index (χ2v) is 7.72. The first-order valence-electron chi connectivity index (χ1n) is 8.76. The number of para-hydroxylation sites is 3. The summed E-state index contributed by atoms with van der Waals surface area (Å²) >= 11 is 1.26. The van der Waals surface area contributed by atoms with Gasteiger partial charge in [-0.05, 0) is 48.0 Å². The first kappa shape index (κ1) is 18.2. The van der Waals surface area contributed by atoms with Gasteiger partial charge in [-0.3, -0.25) is 14.5 Å². The molecule has 2 heterocycles. The summed E-state index contributed by atoms with van der Waals surface area (Å²) in [5, 5.41) is 14.7. The zero-order valence-corrected chi connectivity index (χ0v) is 16.2. The van der Waals surface area contributed by atoms with Crippen LogP contribution in [0.25, 0.3) is 5.69 Å². The van der Waals surface area contributed by atoms with Gasteiger partial charge in [-0.25, -0.2) is 0 Å². The summed E-state index contributed by atoms with van der Waals surface area (Å²) in [7, 11) is 0. The highest BCUT2D eigenvalue weighted by atomic mass is 32.2. The van der Waals surface area contributed by atoms with Gasteiger partial charge in [-0.2, -0.15) is 4.68 Å². The van der Waals surface area contributed by atoms with Crippen LogP contribution in [0.2, 0.25) is 0 Å². The lowest BCUT2D eigenvalue weighted by Crippen LogP contribution is -2.45. The van der Waals surface area contributed by atoms with E-state index >= 15 is 0 Å². The van der Waals surface area contributed by atoms with E-state index < -0.39 is 5.25 Å². The zero-order valence-electron chi connectivity index (χ0n) is 15.4. The van der Waals surface area contributed by atoms with E-state index in [9.17, 15) is 9.59 Å². The monoisotopic (exact) mass is 394 g/mol. The first-order chi connectivity index (χ1) is 13.5. The Kier molecular flexibility index (Phi) is 4.82. The van der Waals surface area contributed by atoms with Crippen LogP contribution in [0, 0.1) is 6.92 Å². The minimum absolute atomic E-state index is 0.0104. The van der Waals surface area contributed by atoms with Crippen LogP contribution in [0.4, 0.5) is 11.4 Å². The zero-order chi connectivity index (χ0) is 19.7. The van der Waals surface area contributed by atoms with E-state index in [0.29, 0.717) is 16.5 Å². The van der Waals surface area contributed by atoms with Crippen molar-refractivity contribution in [2.75, 3.05) is 16.8 Å². The van der Waals surface area contributed by atoms with Crippen molar-refractivity contribution in [3.63, 3.8) is 0 Å². The van der Waals surface area contributed by atoms with Gasteiger partial charge < -0.3 is 5.32 Å². The van der Waals surface area contributed by atoms with Crippen LogP contribution in [0.5, 0.6) is 0 Å². The molecule has 0 bridgehead atoms. The molecule has 1 N–H and O–H groups in total. The molecule has 28 heavy (non-hydrogen) atoms. The maximum Gasteiger partial charge on any atom is 0.244 e. The van der Waals surface area contributed by atoms with Gasteiger partial charge in [0, 0.05) is 0 Å². The van der Waals surface area contributed by atoms with Gasteiger partial charge in [0.05, 0.1) is 22.3 Å². The van der Waals surface area contributed by atoms with Gasteiger partial charge >= 0.3 is 0 Å². The quantitative estimate of drug-likeness (QED) is 0.683. The molecule has 1 aliphatic heterocycles. The number of aryl methyl sites for hydroxylation is 1. The minimum atomic E-state index is -0.479. The fourth-order valence-corrected chi connectivity index (χ4v) is 3.93. The summed E-state index contributed by atoms with van der Waals surface area (Å²) in [6.07, 6.45) is 0. The average molecular weight is 394 g/mol. The normalized spacial score (nSPS) is 14.4. The summed E-state index contributed by atoms with van der Waals surface area (Å²) in [6.45, 7) is 3.76. The number of nitrogens with one attached hydrogen (secondary N) is 1. The Labute approximate surface area is 165 Å². The number of carbonyl (C=O) groups is 2. The minimum Gasteiger partial charge on any atom is -0.323 e. The number of fused-ring (bicyclic) bond motifs is 1. The molecule has 1 atom stereocenters. The third kappa shape index (κ3) is 3.36. The van der Waals surface area contributed by atoms with Gasteiger partial charge in [0.1, 0.15) is 6.54 Å². The van der Waals surface area contributed by atoms with Crippen LogP contribution >= 0.6 is 11.8 Å². The molecule has 9 heteroatoms. The number of nitrogens with zero attached hydrogens (tertiary/aromatic N) is 5. The van der Waals surface area contributed by atoms with E-state index in [0.717, 1.165) is 11.3 Å². The number of hydrogen-bond acceptors (Lipinski definition) is 6. The summed E-state index contributed by atoms with van der Waals surface area (Å²) in [6, 6.07) is 15.0. The molecular formula is C19H18N6O2S. The summed E-state index contributed by atoms with van der Waals surface area (Å²) in [4.78, 5) is 26.6. The van der Waals surface area contributed by atoms with Gasteiger partial charge in [0.15, 0.2) is 0 Å². The average Bonchev–Trinajstić information content (AvgIpc) is 3.14. The van der Waals surface area contributed by atoms with Gasteiger partial charge in [-0.1, -0.05) is 42.1 Å². The van der Waals surface area contributed by atoms with E-state index in [-0.39, 0.29) is 18.4 Å². The highest BCUT2D eigenvalue weighted by Crippen LogP contribution is 2.32. The van der Waals surface area contributed by atoms with Crippen LogP contribution in [0.15, 0.2) is 53.7 Å². The highest BCUT2D eigenvalue weighted by molar-refractivity contribution is 8.00. The third-order valence-corrected chi connectivity index (χ3v) is 5.47. The van der Waals surface area contributed by atoms with E-state index in [1.54, 1.807) is 17.7 Å². The third-order valence-electron chi connectivity index (χ3n) is 4.45. The van der Waals surface area contributed by atoms with Crippen LogP contribution in [0.1, 0.15) is 12.5 Å². The molecule has 0 aliphatic carbocycles. The molecule has 0 unspecified atom stereocenters. The summed E-state index contributed by atoms with van der Waals surface area (Å²) in [5.41, 5.74) is 3.21. The van der Waals surface area contributed by atoms with Crippen LogP contribution < -0.4 is 10.2 Å². The highest BCUT2D eigenvalue weighted by Gasteiger charge is 2.31. The van der Waals surface area contributed by atoms with E-state index in [1.807, 2.05) is 49.4 Å². The number of carbonyl (C=O) groups excluding carboxylic acids is 2. The van der Waals surface area contributed by atoms with Crippen molar-refractivity contribution in [3.8, 4) is 5.69 Å². The number of tetrazole rings is 1. The van der Waals surface area contributed by atoms with Crippen molar-refractivity contribution in [3.05, 3.63) is 54.1 Å². The molecule has 0 saturated carbocycles. The molecule has 0 saturated heterocycles. The van der Waals surface area contributed by atoms with Crippen molar-refractivity contribution in [1.82, 2.24) is 20.2 Å². The molecule has 4 rings (SSSR count). The summed E-state index contributed by atoms with van der Waals surface area (Å²) < 4.78 is 1.63. The van der Waals surface area contributed by atoms with E-state index in [2.05, 4.69) is 20.8 Å². The number of aromatic nitrogens is 4. The predicted octanol–water partition coefficient (Wildman–Crippen LogP) is 2.44. The molecule has 1 aliphatic rings. The Morgan fingerprint density at radius 3 is 2.64 bits per heavy atom. The van der Waals surface area contributed by atoms with Crippen molar-refractivity contribution in [2.45, 2.75) is 24.3 Å². The smallest absolute Gasteiger partial charge is 0.244 e. The maximum absolute atomic E-state index is 13.1. The molecular weight excluding hydrogens is 376 g/mol. The Morgan fingerprint density at radius 1 is 1.14 bits per heavy atom. The molecule has 0 fully saturated rings. The van der Waals surface area contributed by atoms with Gasteiger partial charge in [-0.15, -0.1) is 5.10 Å². The lowest BCUT2D eigenvalue weighted by atomic mass is 10.2. The van der Waals surface area contributed by atoms with E-state index in [4.69, 9.17) is 0 Å². The number of benzene rings is 2. The van der Waals surface area contributed by atoms with Gasteiger partial charge in [0.25, 0.3) is 0 Å². The second-order valence-electron chi connectivity index (χ2n) is 6.41. The molecule has 0 spiro atoms. The van der Waals surface area contributed by atoms with Crippen LogP contribution in [0.3, 0.4) is 0 Å². The molecule has 2 amide bonds. The number of anilines is 2. The van der Waals surface area contributed by atoms with E-state index in [1.165, 1.54) is 16.7 Å². The fourth-order valence-electron chi connectivity index (χ4n) is 3.06. The van der Waals surface area contributed by atoms with Crippen molar-refractivity contribution >= 4 is 35.0 Å². The second kappa shape index (κ2) is 7.43. The maximum atomic E-state index is 13.1. The first-order valence-corrected chi connectivity index (χ1v) is 9.64. The van der Waals surface area contributed by atoms with Crippen LogP contribution in [-0.2, 0) is 9.59 Å². The molecule has 3 aromatic rings. The lowest BCUT2D eigenvalue weighted by Gasteiger charge is -2.30. The van der Waals surface area contributed by atoms with Crippen molar-refractivity contribution < 1.29 is 9.59 Å². The fraction of sp³-hybridized carbons (Fsp3) is 0.211. The summed E-state index contributed by atoms with van der Waals surface area (Å²) in [5.74, 6) is -0.388. The number of rotatable bonds is 4. The topological polar surface area (TPSA) is 93.0 Å². The Hall–Kier alpha value is -3.20. The Morgan fingerprint density at radius 2 is 1.86 bits per heavy atom. The molecule has 2 aromatic carbocycles. The molecule has 142 valence electrons. The lowest BCUT2D eigenvalue weighted by molar-refractivity contribution is -0.121. The molecule has 8 nitrogen and oxygen atoms in total. The van der Waals surface area contributed by atoms with Crippen molar-refractivity contribution in [1.29, 1.82) is 0 Å². The molecule has 0 radical (unpaired) electrons. The number of hydrogen-bond donors (Lipinski definition) is 1.